The van der Waals surface area contributed by atoms with E-state index in [4.69, 9.17) is 14.2 Å². The Morgan fingerprint density at radius 1 is 1.37 bits per heavy atom. The molecule has 0 heterocycles. The van der Waals surface area contributed by atoms with Crippen LogP contribution < -0.4 is 9.47 Å². The molecule has 1 rings (SSSR count). The Labute approximate surface area is 119 Å². The molecule has 0 bridgehead atoms. The Hall–Kier alpha value is -1.34. The monoisotopic (exact) mass is 333 g/mol. The van der Waals surface area contributed by atoms with Gasteiger partial charge in [-0.3, -0.25) is 10.1 Å². The summed E-state index contributed by atoms with van der Waals surface area (Å²) in [5.41, 5.74) is 0.533. The van der Waals surface area contributed by atoms with E-state index in [0.29, 0.717) is 29.0 Å². The molecule has 0 aromatic heterocycles. The van der Waals surface area contributed by atoms with Gasteiger partial charge in [-0.15, -0.1) is 0 Å². The van der Waals surface area contributed by atoms with Crippen LogP contribution in [0.2, 0.25) is 0 Å². The summed E-state index contributed by atoms with van der Waals surface area (Å²) in [6, 6.07) is 2.98. The fraction of sp³-hybridized carbons (Fsp3) is 0.500. The van der Waals surface area contributed by atoms with Gasteiger partial charge in [-0.25, -0.2) is 0 Å². The maximum Gasteiger partial charge on any atom is 0.277 e. The van der Waals surface area contributed by atoms with Crippen LogP contribution in [0, 0.1) is 10.1 Å². The second kappa shape index (κ2) is 7.30. The van der Waals surface area contributed by atoms with Crippen molar-refractivity contribution in [1.82, 2.24) is 0 Å². The van der Waals surface area contributed by atoms with Gasteiger partial charge < -0.3 is 14.2 Å². The first kappa shape index (κ1) is 15.7. The lowest BCUT2D eigenvalue weighted by Crippen LogP contribution is -2.18. The third-order valence-corrected chi connectivity index (χ3v) is 3.04. The van der Waals surface area contributed by atoms with E-state index in [1.807, 2.05) is 6.92 Å². The van der Waals surface area contributed by atoms with E-state index in [1.54, 1.807) is 13.2 Å². The Morgan fingerprint density at radius 2 is 2.05 bits per heavy atom. The maximum atomic E-state index is 11.0. The van der Waals surface area contributed by atoms with E-state index in [0.717, 1.165) is 0 Å². The first-order valence-electron chi connectivity index (χ1n) is 5.60. The van der Waals surface area contributed by atoms with Gasteiger partial charge in [0.05, 0.1) is 24.7 Å². The molecule has 0 spiro atoms. The molecule has 0 aliphatic heterocycles. The highest BCUT2D eigenvalue weighted by molar-refractivity contribution is 9.08. The summed E-state index contributed by atoms with van der Waals surface area (Å²) >= 11 is 3.22. The number of benzene rings is 1. The number of alkyl halides is 1. The molecule has 0 saturated heterocycles. The minimum absolute atomic E-state index is 0.00251. The number of nitro benzene ring substituents is 1. The molecule has 106 valence electrons. The van der Waals surface area contributed by atoms with Gasteiger partial charge in [-0.05, 0) is 13.0 Å². The van der Waals surface area contributed by atoms with Crippen LogP contribution in [-0.4, -0.2) is 31.9 Å². The largest absolute Gasteiger partial charge is 0.493 e. The summed E-state index contributed by atoms with van der Waals surface area (Å²) in [5.74, 6) is 0.798. The number of hydrogen-bond acceptors (Lipinski definition) is 5. The second-order valence-electron chi connectivity index (χ2n) is 3.91. The van der Waals surface area contributed by atoms with Crippen molar-refractivity contribution in [1.29, 1.82) is 0 Å². The van der Waals surface area contributed by atoms with Gasteiger partial charge in [0.1, 0.15) is 6.10 Å². The average Bonchev–Trinajstić information content (AvgIpc) is 2.38. The van der Waals surface area contributed by atoms with Crippen molar-refractivity contribution in [3.8, 4) is 11.5 Å². The number of rotatable bonds is 7. The topological polar surface area (TPSA) is 70.8 Å². The van der Waals surface area contributed by atoms with Crippen LogP contribution in [0.1, 0.15) is 12.5 Å². The van der Waals surface area contributed by atoms with E-state index in [9.17, 15) is 10.1 Å². The summed E-state index contributed by atoms with van der Waals surface area (Å²) in [4.78, 5) is 10.6. The van der Waals surface area contributed by atoms with Crippen LogP contribution in [0.25, 0.3) is 0 Å². The van der Waals surface area contributed by atoms with Crippen LogP contribution in [0.5, 0.6) is 11.5 Å². The predicted octanol–water partition coefficient (Wildman–Crippen LogP) is 2.91. The van der Waals surface area contributed by atoms with Gasteiger partial charge in [-0.1, -0.05) is 15.9 Å². The van der Waals surface area contributed by atoms with Crippen molar-refractivity contribution < 1.29 is 19.1 Å². The number of halogens is 1. The number of ether oxygens (including phenoxy) is 3. The lowest BCUT2D eigenvalue weighted by Gasteiger charge is -2.16. The van der Waals surface area contributed by atoms with E-state index >= 15 is 0 Å². The standard InChI is InChI=1S/C12H16BrNO5/c1-8(7-17-2)19-12-5-10(14(15)16)9(6-13)4-11(12)18-3/h4-5,8H,6-7H2,1-3H3. The molecular formula is C12H16BrNO5. The molecule has 0 N–H and O–H groups in total. The summed E-state index contributed by atoms with van der Waals surface area (Å²) in [6.45, 7) is 2.20. The number of nitrogens with zero attached hydrogens (tertiary/aromatic N) is 1. The lowest BCUT2D eigenvalue weighted by molar-refractivity contribution is -0.385. The van der Waals surface area contributed by atoms with Gasteiger partial charge in [-0.2, -0.15) is 0 Å². The van der Waals surface area contributed by atoms with E-state index < -0.39 is 4.92 Å². The minimum atomic E-state index is -0.441. The fourth-order valence-electron chi connectivity index (χ4n) is 1.61. The summed E-state index contributed by atoms with van der Waals surface area (Å²) in [7, 11) is 3.06. The van der Waals surface area contributed by atoms with Crippen LogP contribution in [0.15, 0.2) is 12.1 Å². The highest BCUT2D eigenvalue weighted by Gasteiger charge is 2.20. The minimum Gasteiger partial charge on any atom is -0.493 e. The van der Waals surface area contributed by atoms with Crippen LogP contribution in [0.4, 0.5) is 5.69 Å². The van der Waals surface area contributed by atoms with Crippen molar-refractivity contribution in [3.05, 3.63) is 27.8 Å². The van der Waals surface area contributed by atoms with Crippen molar-refractivity contribution in [2.75, 3.05) is 20.8 Å². The smallest absolute Gasteiger partial charge is 0.277 e. The molecule has 0 aliphatic rings. The Bertz CT molecular complexity index is 452. The SMILES string of the molecule is COCC(C)Oc1cc([N+](=O)[O-])c(CBr)cc1OC. The average molecular weight is 334 g/mol. The summed E-state index contributed by atoms with van der Waals surface area (Å²) < 4.78 is 15.8. The molecular weight excluding hydrogens is 318 g/mol. The molecule has 0 amide bonds. The van der Waals surface area contributed by atoms with Gasteiger partial charge in [0.15, 0.2) is 11.5 Å². The molecule has 6 nitrogen and oxygen atoms in total. The van der Waals surface area contributed by atoms with Crippen LogP contribution >= 0.6 is 15.9 Å². The highest BCUT2D eigenvalue weighted by atomic mass is 79.9. The first-order valence-corrected chi connectivity index (χ1v) is 6.72. The van der Waals surface area contributed by atoms with E-state index in [-0.39, 0.29) is 11.8 Å². The third kappa shape index (κ3) is 4.07. The van der Waals surface area contributed by atoms with E-state index in [2.05, 4.69) is 15.9 Å². The zero-order valence-corrected chi connectivity index (χ0v) is 12.6. The van der Waals surface area contributed by atoms with Crippen LogP contribution in [0.3, 0.4) is 0 Å². The highest BCUT2D eigenvalue weighted by Crippen LogP contribution is 2.36. The van der Waals surface area contributed by atoms with Crippen molar-refractivity contribution in [2.45, 2.75) is 18.4 Å². The number of methoxy groups -OCH3 is 2. The normalized spacial score (nSPS) is 12.0. The zero-order chi connectivity index (χ0) is 14.4. The molecule has 1 atom stereocenters. The van der Waals surface area contributed by atoms with Crippen molar-refractivity contribution in [3.63, 3.8) is 0 Å². The molecule has 0 fully saturated rings. The third-order valence-electron chi connectivity index (χ3n) is 2.44. The summed E-state index contributed by atoms with van der Waals surface area (Å²) in [5, 5.41) is 11.4. The molecule has 0 radical (unpaired) electrons. The second-order valence-corrected chi connectivity index (χ2v) is 4.47. The molecule has 1 aromatic rings. The molecule has 0 saturated carbocycles. The summed E-state index contributed by atoms with van der Waals surface area (Å²) in [6.07, 6.45) is -0.228. The zero-order valence-electron chi connectivity index (χ0n) is 11.0. The van der Waals surface area contributed by atoms with Gasteiger partial charge in [0, 0.05) is 18.0 Å². The molecule has 7 heteroatoms. The Balaban J connectivity index is 3.14. The maximum absolute atomic E-state index is 11.0. The molecule has 0 aliphatic carbocycles. The van der Waals surface area contributed by atoms with Gasteiger partial charge >= 0.3 is 0 Å². The predicted molar refractivity (Wildman–Crippen MR) is 74.2 cm³/mol. The quantitative estimate of drug-likeness (QED) is 0.436. The van der Waals surface area contributed by atoms with Crippen molar-refractivity contribution in [2.24, 2.45) is 0 Å². The number of nitro groups is 1. The van der Waals surface area contributed by atoms with Gasteiger partial charge in [0.25, 0.3) is 5.69 Å². The van der Waals surface area contributed by atoms with Crippen molar-refractivity contribution >= 4 is 21.6 Å². The molecule has 1 unspecified atom stereocenters. The van der Waals surface area contributed by atoms with Crippen LogP contribution in [-0.2, 0) is 10.1 Å². The number of hydrogen-bond donors (Lipinski definition) is 0. The fourth-order valence-corrected chi connectivity index (χ4v) is 2.05. The molecule has 19 heavy (non-hydrogen) atoms. The Morgan fingerprint density at radius 3 is 2.53 bits per heavy atom. The first-order chi connectivity index (χ1) is 9.03. The van der Waals surface area contributed by atoms with E-state index in [1.165, 1.54) is 13.2 Å². The Kier molecular flexibility index (Phi) is 6.04. The van der Waals surface area contributed by atoms with Gasteiger partial charge in [0.2, 0.25) is 0 Å². The lowest BCUT2D eigenvalue weighted by atomic mass is 10.2. The molecule has 1 aromatic carbocycles.